The van der Waals surface area contributed by atoms with Crippen molar-refractivity contribution in [3.8, 4) is 5.69 Å². The summed E-state index contributed by atoms with van der Waals surface area (Å²) in [6.45, 7) is 5.01. The Hall–Kier alpha value is -3.77. The molecular formula is C27H26FN3O2. The Morgan fingerprint density at radius 2 is 1.58 bits per heavy atom. The zero-order valence-electron chi connectivity index (χ0n) is 18.7. The molecule has 4 aromatic rings. The van der Waals surface area contributed by atoms with Crippen molar-refractivity contribution >= 4 is 5.91 Å². The van der Waals surface area contributed by atoms with Crippen molar-refractivity contribution in [3.63, 3.8) is 0 Å². The number of carbonyl (C=O) groups excluding carboxylic acids is 1. The highest BCUT2D eigenvalue weighted by molar-refractivity contribution is 5.96. The maximum atomic E-state index is 13.3. The Balaban J connectivity index is 1.42. The minimum Gasteiger partial charge on any atom is -0.372 e. The van der Waals surface area contributed by atoms with Crippen molar-refractivity contribution in [2.45, 2.75) is 33.6 Å². The van der Waals surface area contributed by atoms with Crippen molar-refractivity contribution in [2.75, 3.05) is 0 Å². The fourth-order valence-corrected chi connectivity index (χ4v) is 3.79. The monoisotopic (exact) mass is 443 g/mol. The Kier molecular flexibility index (Phi) is 6.95. The molecule has 0 bridgehead atoms. The number of nitrogens with zero attached hydrogens (tertiary/aromatic N) is 2. The van der Waals surface area contributed by atoms with Gasteiger partial charge in [0.1, 0.15) is 5.82 Å². The van der Waals surface area contributed by atoms with E-state index >= 15 is 0 Å². The predicted molar refractivity (Wildman–Crippen MR) is 126 cm³/mol. The molecule has 0 unspecified atom stereocenters. The third kappa shape index (κ3) is 5.35. The summed E-state index contributed by atoms with van der Waals surface area (Å²) in [5.41, 5.74) is 5.70. The molecule has 1 aromatic heterocycles. The SMILES string of the molecule is Cc1nn(-c2ccc(F)cc2)c(C)c1C(=O)NCc1ccccc1COCc1ccccc1. The topological polar surface area (TPSA) is 56.2 Å². The molecular weight excluding hydrogens is 417 g/mol. The lowest BCUT2D eigenvalue weighted by Crippen LogP contribution is -2.24. The average molecular weight is 444 g/mol. The van der Waals surface area contributed by atoms with Crippen LogP contribution in [-0.4, -0.2) is 15.7 Å². The van der Waals surface area contributed by atoms with Crippen LogP contribution in [-0.2, 0) is 24.5 Å². The zero-order chi connectivity index (χ0) is 23.2. The summed E-state index contributed by atoms with van der Waals surface area (Å²) in [7, 11) is 0. The van der Waals surface area contributed by atoms with Crippen LogP contribution in [0.4, 0.5) is 4.39 Å². The van der Waals surface area contributed by atoms with Crippen LogP contribution in [0.15, 0.2) is 78.9 Å². The van der Waals surface area contributed by atoms with E-state index in [4.69, 9.17) is 4.74 Å². The van der Waals surface area contributed by atoms with Crippen LogP contribution in [0.5, 0.6) is 0 Å². The first-order chi connectivity index (χ1) is 16.0. The number of aromatic nitrogens is 2. The summed E-state index contributed by atoms with van der Waals surface area (Å²) in [6.07, 6.45) is 0. The van der Waals surface area contributed by atoms with Crippen LogP contribution in [0.2, 0.25) is 0 Å². The van der Waals surface area contributed by atoms with Gasteiger partial charge in [0.15, 0.2) is 0 Å². The van der Waals surface area contributed by atoms with Crippen LogP contribution in [0, 0.1) is 19.7 Å². The van der Waals surface area contributed by atoms with Gasteiger partial charge in [0, 0.05) is 6.54 Å². The maximum absolute atomic E-state index is 13.3. The molecule has 5 nitrogen and oxygen atoms in total. The molecule has 33 heavy (non-hydrogen) atoms. The highest BCUT2D eigenvalue weighted by Gasteiger charge is 2.19. The lowest BCUT2D eigenvalue weighted by Gasteiger charge is -2.12. The second kappa shape index (κ2) is 10.2. The number of amides is 1. The van der Waals surface area contributed by atoms with Crippen LogP contribution in [0.3, 0.4) is 0 Å². The normalized spacial score (nSPS) is 10.9. The largest absolute Gasteiger partial charge is 0.372 e. The molecule has 0 fully saturated rings. The predicted octanol–water partition coefficient (Wildman–Crippen LogP) is 5.28. The summed E-state index contributed by atoms with van der Waals surface area (Å²) in [5, 5.41) is 7.50. The van der Waals surface area contributed by atoms with Gasteiger partial charge in [-0.25, -0.2) is 9.07 Å². The summed E-state index contributed by atoms with van der Waals surface area (Å²) in [5.74, 6) is -0.511. The first kappa shape index (κ1) is 22.4. The minimum absolute atomic E-state index is 0.196. The molecule has 0 aliphatic rings. The average Bonchev–Trinajstić information content (AvgIpc) is 3.13. The van der Waals surface area contributed by atoms with E-state index in [0.717, 1.165) is 16.7 Å². The number of aryl methyl sites for hydroxylation is 1. The van der Waals surface area contributed by atoms with Crippen molar-refractivity contribution in [1.82, 2.24) is 15.1 Å². The smallest absolute Gasteiger partial charge is 0.255 e. The van der Waals surface area contributed by atoms with Gasteiger partial charge in [0.05, 0.1) is 35.9 Å². The third-order valence-electron chi connectivity index (χ3n) is 5.52. The van der Waals surface area contributed by atoms with Crippen LogP contribution in [0.1, 0.15) is 38.4 Å². The summed E-state index contributed by atoms with van der Waals surface area (Å²) < 4.78 is 20.8. The van der Waals surface area contributed by atoms with Crippen molar-refractivity contribution in [3.05, 3.63) is 118 Å². The van der Waals surface area contributed by atoms with Crippen LogP contribution < -0.4 is 5.32 Å². The van der Waals surface area contributed by atoms with E-state index in [0.29, 0.717) is 42.4 Å². The van der Waals surface area contributed by atoms with E-state index in [2.05, 4.69) is 10.4 Å². The number of hydrogen-bond acceptors (Lipinski definition) is 3. The van der Waals surface area contributed by atoms with E-state index in [1.54, 1.807) is 23.7 Å². The van der Waals surface area contributed by atoms with E-state index in [-0.39, 0.29) is 11.7 Å². The third-order valence-corrected chi connectivity index (χ3v) is 5.52. The quantitative estimate of drug-likeness (QED) is 0.403. The van der Waals surface area contributed by atoms with Crippen LogP contribution >= 0.6 is 0 Å². The summed E-state index contributed by atoms with van der Waals surface area (Å²) in [4.78, 5) is 13.0. The molecule has 1 amide bonds. The van der Waals surface area contributed by atoms with Crippen molar-refractivity contribution < 1.29 is 13.9 Å². The first-order valence-electron chi connectivity index (χ1n) is 10.8. The van der Waals surface area contributed by atoms with Gasteiger partial charge in [-0.15, -0.1) is 0 Å². The molecule has 4 rings (SSSR count). The summed E-state index contributed by atoms with van der Waals surface area (Å²) >= 11 is 0. The Morgan fingerprint density at radius 1 is 0.909 bits per heavy atom. The molecule has 0 saturated carbocycles. The van der Waals surface area contributed by atoms with Gasteiger partial charge in [-0.1, -0.05) is 54.6 Å². The molecule has 0 aliphatic heterocycles. The lowest BCUT2D eigenvalue weighted by atomic mass is 10.1. The first-order valence-corrected chi connectivity index (χ1v) is 10.8. The number of rotatable bonds is 8. The standard InChI is InChI=1S/C27H26FN3O2/c1-19-26(20(2)31(30-19)25-14-12-24(28)13-15-25)27(32)29-16-22-10-6-7-11-23(22)18-33-17-21-8-4-3-5-9-21/h3-15H,16-18H2,1-2H3,(H,29,32). The number of nitrogens with one attached hydrogen (secondary N) is 1. The summed E-state index contributed by atoms with van der Waals surface area (Å²) in [6, 6.07) is 24.0. The fraction of sp³-hybridized carbons (Fsp3) is 0.185. The Labute approximate surface area is 192 Å². The molecule has 1 N–H and O–H groups in total. The molecule has 0 atom stereocenters. The minimum atomic E-state index is -0.315. The number of carbonyl (C=O) groups is 1. The van der Waals surface area contributed by atoms with Gasteiger partial charge in [-0.3, -0.25) is 4.79 Å². The molecule has 1 heterocycles. The lowest BCUT2D eigenvalue weighted by molar-refractivity contribution is 0.0946. The van der Waals surface area contributed by atoms with E-state index in [1.807, 2.05) is 61.5 Å². The van der Waals surface area contributed by atoms with Crippen molar-refractivity contribution in [1.29, 1.82) is 0 Å². The van der Waals surface area contributed by atoms with Gasteiger partial charge in [-0.05, 0) is 54.8 Å². The zero-order valence-corrected chi connectivity index (χ0v) is 18.7. The van der Waals surface area contributed by atoms with Gasteiger partial charge in [-0.2, -0.15) is 5.10 Å². The van der Waals surface area contributed by atoms with Gasteiger partial charge >= 0.3 is 0 Å². The fourth-order valence-electron chi connectivity index (χ4n) is 3.79. The molecule has 168 valence electrons. The number of hydrogen-bond donors (Lipinski definition) is 1. The Bertz CT molecular complexity index is 1230. The molecule has 0 aliphatic carbocycles. The number of ether oxygens (including phenoxy) is 1. The molecule has 3 aromatic carbocycles. The number of halogens is 1. The Morgan fingerprint density at radius 3 is 2.30 bits per heavy atom. The van der Waals surface area contributed by atoms with Gasteiger partial charge < -0.3 is 10.1 Å². The highest BCUT2D eigenvalue weighted by Crippen LogP contribution is 2.19. The second-order valence-electron chi connectivity index (χ2n) is 7.86. The molecule has 0 saturated heterocycles. The number of benzene rings is 3. The van der Waals surface area contributed by atoms with E-state index < -0.39 is 0 Å². The van der Waals surface area contributed by atoms with Crippen molar-refractivity contribution in [2.24, 2.45) is 0 Å². The van der Waals surface area contributed by atoms with E-state index in [1.165, 1.54) is 12.1 Å². The maximum Gasteiger partial charge on any atom is 0.255 e. The van der Waals surface area contributed by atoms with Gasteiger partial charge in [0.2, 0.25) is 0 Å². The molecule has 6 heteroatoms. The van der Waals surface area contributed by atoms with E-state index in [9.17, 15) is 9.18 Å². The van der Waals surface area contributed by atoms with Gasteiger partial charge in [0.25, 0.3) is 5.91 Å². The molecule has 0 radical (unpaired) electrons. The van der Waals surface area contributed by atoms with Crippen LogP contribution in [0.25, 0.3) is 5.69 Å². The highest BCUT2D eigenvalue weighted by atomic mass is 19.1. The second-order valence-corrected chi connectivity index (χ2v) is 7.86. The molecule has 0 spiro atoms.